The molecule has 0 aliphatic carbocycles. The molecule has 0 aliphatic rings. The van der Waals surface area contributed by atoms with Crippen LogP contribution in [0.5, 0.6) is 5.75 Å². The minimum absolute atomic E-state index is 0.366. The van der Waals surface area contributed by atoms with E-state index in [1.807, 2.05) is 0 Å². The van der Waals surface area contributed by atoms with Crippen LogP contribution in [-0.4, -0.2) is 18.4 Å². The second kappa shape index (κ2) is 4.42. The molecule has 0 saturated heterocycles. The third-order valence-electron chi connectivity index (χ3n) is 1.74. The molecule has 0 aromatic heterocycles. The molecule has 16 heavy (non-hydrogen) atoms. The fourth-order valence-corrected chi connectivity index (χ4v) is 1.08. The van der Waals surface area contributed by atoms with E-state index in [1.54, 1.807) is 6.92 Å². The first-order valence-electron chi connectivity index (χ1n) is 4.38. The van der Waals surface area contributed by atoms with E-state index in [0.717, 1.165) is 6.07 Å². The van der Waals surface area contributed by atoms with Gasteiger partial charge in [-0.15, -0.1) is 0 Å². The summed E-state index contributed by atoms with van der Waals surface area (Å²) in [5.41, 5.74) is 0.122. The van der Waals surface area contributed by atoms with Crippen molar-refractivity contribution in [2.45, 2.75) is 6.92 Å². The Kier molecular flexibility index (Phi) is 3.41. The summed E-state index contributed by atoms with van der Waals surface area (Å²) in [5, 5.41) is 10.5. The molecule has 88 valence electrons. The zero-order valence-corrected chi connectivity index (χ0v) is 8.32. The first-order valence-corrected chi connectivity index (χ1v) is 4.38. The lowest BCUT2D eigenvalue weighted by atomic mass is 9.95. The van der Waals surface area contributed by atoms with Gasteiger partial charge < -0.3 is 17.7 Å². The van der Waals surface area contributed by atoms with Gasteiger partial charge >= 0.3 is 12.7 Å². The van der Waals surface area contributed by atoms with Gasteiger partial charge in [0.15, 0.2) is 5.75 Å². The molecule has 1 aromatic carbocycles. The third-order valence-corrected chi connectivity index (χ3v) is 1.74. The predicted molar refractivity (Wildman–Crippen MR) is 52.4 cm³/mol. The van der Waals surface area contributed by atoms with Crippen molar-refractivity contribution in [1.82, 2.24) is 0 Å². The molecule has 4 nitrogen and oxygen atoms in total. The molecule has 0 fully saturated rings. The molecule has 0 amide bonds. The van der Waals surface area contributed by atoms with Crippen LogP contribution in [0.4, 0.5) is 18.6 Å². The van der Waals surface area contributed by atoms with Gasteiger partial charge in [-0.1, -0.05) is 6.07 Å². The van der Waals surface area contributed by atoms with Gasteiger partial charge in [0.2, 0.25) is 0 Å². The first kappa shape index (κ1) is 12.3. The SMILES string of the molecule is Cc1ccc(OC[B-](F)(F)F)c([N+](=O)[O-])c1. The maximum absolute atomic E-state index is 11.9. The maximum atomic E-state index is 11.9. The van der Waals surface area contributed by atoms with E-state index < -0.39 is 24.1 Å². The van der Waals surface area contributed by atoms with Crippen molar-refractivity contribution in [2.24, 2.45) is 0 Å². The van der Waals surface area contributed by atoms with Crippen LogP contribution < -0.4 is 4.74 Å². The van der Waals surface area contributed by atoms with Gasteiger partial charge in [-0.3, -0.25) is 10.1 Å². The van der Waals surface area contributed by atoms with Crippen LogP contribution in [0.15, 0.2) is 18.2 Å². The minimum Gasteiger partial charge on any atom is -0.517 e. The van der Waals surface area contributed by atoms with E-state index in [9.17, 15) is 23.1 Å². The number of nitro benzene ring substituents is 1. The summed E-state index contributed by atoms with van der Waals surface area (Å²) in [7, 11) is 0. The number of nitrogens with zero attached hydrogens (tertiary/aromatic N) is 1. The molecule has 0 N–H and O–H groups in total. The molecule has 0 heterocycles. The van der Waals surface area contributed by atoms with Crippen molar-refractivity contribution in [3.63, 3.8) is 0 Å². The Morgan fingerprint density at radius 2 is 2.06 bits per heavy atom. The lowest BCUT2D eigenvalue weighted by Crippen LogP contribution is -2.26. The maximum Gasteiger partial charge on any atom is 0.515 e. The Labute approximate surface area is 89.2 Å². The molecule has 0 radical (unpaired) electrons. The van der Waals surface area contributed by atoms with Crippen LogP contribution in [0.25, 0.3) is 0 Å². The Bertz CT molecular complexity index is 408. The normalized spacial score (nSPS) is 11.2. The molecule has 0 unspecified atom stereocenters. The zero-order valence-electron chi connectivity index (χ0n) is 8.32. The summed E-state index contributed by atoms with van der Waals surface area (Å²) in [4.78, 5) is 9.78. The summed E-state index contributed by atoms with van der Waals surface area (Å²) >= 11 is 0. The summed E-state index contributed by atoms with van der Waals surface area (Å²) in [5.74, 6) is -0.366. The van der Waals surface area contributed by atoms with Gasteiger partial charge in [-0.2, -0.15) is 0 Å². The summed E-state index contributed by atoms with van der Waals surface area (Å²) < 4.78 is 40.1. The van der Waals surface area contributed by atoms with Gasteiger partial charge in [-0.25, -0.2) is 0 Å². The van der Waals surface area contributed by atoms with Crippen molar-refractivity contribution in [3.05, 3.63) is 33.9 Å². The number of hydrogen-bond donors (Lipinski definition) is 0. The van der Waals surface area contributed by atoms with Crippen molar-refractivity contribution in [3.8, 4) is 5.75 Å². The van der Waals surface area contributed by atoms with Crippen molar-refractivity contribution < 1.29 is 22.6 Å². The number of aryl methyl sites for hydroxylation is 1. The number of benzene rings is 1. The predicted octanol–water partition coefficient (Wildman–Crippen LogP) is 2.67. The van der Waals surface area contributed by atoms with Crippen LogP contribution in [0.1, 0.15) is 5.56 Å². The van der Waals surface area contributed by atoms with Crippen LogP contribution in [0.2, 0.25) is 0 Å². The number of halogens is 3. The van der Waals surface area contributed by atoms with Crippen LogP contribution >= 0.6 is 0 Å². The zero-order chi connectivity index (χ0) is 12.3. The largest absolute Gasteiger partial charge is 0.517 e. The van der Waals surface area contributed by atoms with Crippen LogP contribution in [0, 0.1) is 17.0 Å². The highest BCUT2D eigenvalue weighted by Crippen LogP contribution is 2.28. The van der Waals surface area contributed by atoms with E-state index >= 15 is 0 Å². The van der Waals surface area contributed by atoms with E-state index in [4.69, 9.17) is 0 Å². The highest BCUT2D eigenvalue weighted by atomic mass is 19.4. The van der Waals surface area contributed by atoms with Crippen molar-refractivity contribution in [2.75, 3.05) is 6.51 Å². The minimum atomic E-state index is -5.12. The van der Waals surface area contributed by atoms with Crippen molar-refractivity contribution in [1.29, 1.82) is 0 Å². The highest BCUT2D eigenvalue weighted by Gasteiger charge is 2.26. The molecule has 8 heteroatoms. The van der Waals surface area contributed by atoms with Gasteiger partial charge in [0.1, 0.15) is 0 Å². The lowest BCUT2D eigenvalue weighted by molar-refractivity contribution is -0.385. The summed E-state index contributed by atoms with van der Waals surface area (Å²) in [6.07, 6.45) is 0. The molecule has 0 bridgehead atoms. The second-order valence-corrected chi connectivity index (χ2v) is 3.25. The third kappa shape index (κ3) is 3.45. The number of nitro groups is 1. The quantitative estimate of drug-likeness (QED) is 0.457. The highest BCUT2D eigenvalue weighted by molar-refractivity contribution is 6.58. The van der Waals surface area contributed by atoms with Crippen molar-refractivity contribution >= 4 is 12.7 Å². The molecule has 0 aliphatic heterocycles. The Hall–Kier alpha value is -1.73. The molecular formula is C8H8BF3NO3-. The van der Waals surface area contributed by atoms with Gasteiger partial charge in [-0.05, 0) is 18.6 Å². The smallest absolute Gasteiger partial charge is 0.515 e. The van der Waals surface area contributed by atoms with Crippen LogP contribution in [-0.2, 0) is 0 Å². The molecule has 1 aromatic rings. The topological polar surface area (TPSA) is 52.4 Å². The summed E-state index contributed by atoms with van der Waals surface area (Å²) in [6, 6.07) is 3.78. The Balaban J connectivity index is 2.91. The van der Waals surface area contributed by atoms with Gasteiger partial charge in [0.05, 0.1) is 11.4 Å². The molecule has 0 atom stereocenters. The van der Waals surface area contributed by atoms with Crippen LogP contribution in [0.3, 0.4) is 0 Å². The average Bonchev–Trinajstić information content (AvgIpc) is 2.14. The summed E-state index contributed by atoms with van der Waals surface area (Å²) in [6.45, 7) is -5.00. The first-order chi connectivity index (χ1) is 7.29. The molecule has 0 saturated carbocycles. The molecule has 0 spiro atoms. The number of rotatable bonds is 4. The molecule has 1 rings (SSSR count). The van der Waals surface area contributed by atoms with E-state index in [0.29, 0.717) is 5.56 Å². The Morgan fingerprint density at radius 3 is 2.56 bits per heavy atom. The fraction of sp³-hybridized carbons (Fsp3) is 0.250. The lowest BCUT2D eigenvalue weighted by Gasteiger charge is -2.15. The van der Waals surface area contributed by atoms with E-state index in [2.05, 4.69) is 4.74 Å². The Morgan fingerprint density at radius 1 is 1.44 bits per heavy atom. The fourth-order valence-electron chi connectivity index (χ4n) is 1.08. The molecular weight excluding hydrogens is 226 g/mol. The average molecular weight is 234 g/mol. The monoisotopic (exact) mass is 234 g/mol. The standard InChI is InChI=1S/C8H8BF3NO3/c1-6-2-3-8(7(4-6)13(14)15)16-5-9(10,11)12/h2-4H,5H2,1H3/q-1. The number of hydrogen-bond acceptors (Lipinski definition) is 3. The number of ether oxygens (including phenoxy) is 1. The van der Waals surface area contributed by atoms with E-state index in [-0.39, 0.29) is 5.75 Å². The van der Waals surface area contributed by atoms with Gasteiger partial charge in [0.25, 0.3) is 0 Å². The van der Waals surface area contributed by atoms with E-state index in [1.165, 1.54) is 12.1 Å². The van der Waals surface area contributed by atoms with Gasteiger partial charge in [0, 0.05) is 6.07 Å². The second-order valence-electron chi connectivity index (χ2n) is 3.25.